The number of benzene rings is 1. The minimum atomic E-state index is 0.491. The molecule has 0 radical (unpaired) electrons. The molecule has 2 aromatic rings. The van der Waals surface area contributed by atoms with E-state index in [2.05, 4.69) is 40.6 Å². The van der Waals surface area contributed by atoms with Gasteiger partial charge in [-0.15, -0.1) is 11.8 Å². The normalized spacial score (nSPS) is 12.7. The van der Waals surface area contributed by atoms with Crippen LogP contribution in [0, 0.1) is 5.92 Å². The van der Waals surface area contributed by atoms with Crippen molar-refractivity contribution in [2.24, 2.45) is 18.0 Å². The Labute approximate surface area is 160 Å². The summed E-state index contributed by atoms with van der Waals surface area (Å²) in [6, 6.07) is 10.1. The average molecular weight is 376 g/mol. The van der Waals surface area contributed by atoms with E-state index in [1.807, 2.05) is 47.8 Å². The summed E-state index contributed by atoms with van der Waals surface area (Å²) in [5, 5.41) is 10.9. The maximum absolute atomic E-state index is 5.41. The number of hydrogen-bond acceptors (Lipinski definition) is 4. The Morgan fingerprint density at radius 3 is 2.81 bits per heavy atom. The summed E-state index contributed by atoms with van der Waals surface area (Å²) in [4.78, 5) is 5.82. The van der Waals surface area contributed by atoms with Crippen molar-refractivity contribution in [3.05, 3.63) is 42.2 Å². The molecule has 2 rings (SSSR count). The van der Waals surface area contributed by atoms with Gasteiger partial charge in [0.25, 0.3) is 0 Å². The monoisotopic (exact) mass is 375 g/mol. The van der Waals surface area contributed by atoms with Gasteiger partial charge in [0.05, 0.1) is 19.3 Å². The van der Waals surface area contributed by atoms with Crippen LogP contribution in [0.1, 0.15) is 19.5 Å². The molecule has 0 amide bonds. The fraction of sp³-hybridized carbons (Fsp3) is 0.474. The Morgan fingerprint density at radius 1 is 1.31 bits per heavy atom. The molecular weight excluding hydrogens is 346 g/mol. The highest BCUT2D eigenvalue weighted by atomic mass is 32.2. The van der Waals surface area contributed by atoms with Crippen LogP contribution in [0.25, 0.3) is 0 Å². The summed E-state index contributed by atoms with van der Waals surface area (Å²) >= 11 is 1.82. The molecule has 6 nitrogen and oxygen atoms in total. The number of nitrogens with zero attached hydrogens (tertiary/aromatic N) is 3. The summed E-state index contributed by atoms with van der Waals surface area (Å²) in [5.41, 5.74) is 1.09. The molecule has 1 aromatic carbocycles. The molecule has 7 heteroatoms. The van der Waals surface area contributed by atoms with Crippen LogP contribution in [0.2, 0.25) is 0 Å². The molecule has 0 aliphatic heterocycles. The maximum Gasteiger partial charge on any atom is 0.191 e. The van der Waals surface area contributed by atoms with Crippen molar-refractivity contribution >= 4 is 17.7 Å². The summed E-state index contributed by atoms with van der Waals surface area (Å²) in [5.74, 6) is 3.27. The lowest BCUT2D eigenvalue weighted by atomic mass is 10.2. The number of aromatic nitrogens is 2. The number of ether oxygens (including phenoxy) is 1. The number of aliphatic imine (C=N–C) groups is 1. The number of thioether (sulfide) groups is 1. The van der Waals surface area contributed by atoms with Gasteiger partial charge < -0.3 is 15.4 Å². The number of para-hydroxylation sites is 1. The van der Waals surface area contributed by atoms with Crippen molar-refractivity contribution in [2.75, 3.05) is 26.0 Å². The summed E-state index contributed by atoms with van der Waals surface area (Å²) in [6.45, 7) is 6.61. The molecule has 1 unspecified atom stereocenters. The largest absolute Gasteiger partial charge is 0.496 e. The topological polar surface area (TPSA) is 63.5 Å². The fourth-order valence-corrected chi connectivity index (χ4v) is 3.41. The van der Waals surface area contributed by atoms with Crippen LogP contribution >= 0.6 is 11.8 Å². The summed E-state index contributed by atoms with van der Waals surface area (Å²) in [6.07, 6.45) is 1.79. The zero-order valence-electron chi connectivity index (χ0n) is 16.0. The van der Waals surface area contributed by atoms with E-state index in [4.69, 9.17) is 4.74 Å². The standard InChI is InChI=1S/C19H29N5OS/c1-5-20-19(22-13-16-10-11-23-24(16)3)21-12-15(2)14-26-18-9-7-6-8-17(18)25-4/h6-11,15H,5,12-14H2,1-4H3,(H2,20,21,22). The van der Waals surface area contributed by atoms with Crippen molar-refractivity contribution in [3.63, 3.8) is 0 Å². The maximum atomic E-state index is 5.41. The van der Waals surface area contributed by atoms with Crippen molar-refractivity contribution in [3.8, 4) is 5.75 Å². The van der Waals surface area contributed by atoms with Gasteiger partial charge in [-0.3, -0.25) is 4.68 Å². The van der Waals surface area contributed by atoms with Crippen LogP contribution in [-0.4, -0.2) is 41.7 Å². The van der Waals surface area contributed by atoms with Crippen LogP contribution in [0.5, 0.6) is 5.75 Å². The molecule has 0 aliphatic rings. The van der Waals surface area contributed by atoms with Gasteiger partial charge in [0.1, 0.15) is 5.75 Å². The lowest BCUT2D eigenvalue weighted by Gasteiger charge is -2.16. The number of rotatable bonds is 9. The third-order valence-corrected chi connectivity index (χ3v) is 5.26. The quantitative estimate of drug-likeness (QED) is 0.401. The zero-order valence-corrected chi connectivity index (χ0v) is 16.8. The Hall–Kier alpha value is -2.15. The first-order chi connectivity index (χ1) is 12.6. The molecule has 0 spiro atoms. The van der Waals surface area contributed by atoms with Gasteiger partial charge in [-0.25, -0.2) is 4.99 Å². The van der Waals surface area contributed by atoms with E-state index in [9.17, 15) is 0 Å². The second kappa shape index (κ2) is 10.8. The van der Waals surface area contributed by atoms with E-state index in [-0.39, 0.29) is 0 Å². The van der Waals surface area contributed by atoms with Crippen LogP contribution in [0.3, 0.4) is 0 Å². The lowest BCUT2D eigenvalue weighted by Crippen LogP contribution is -2.39. The van der Waals surface area contributed by atoms with Crippen molar-refractivity contribution in [1.82, 2.24) is 20.4 Å². The van der Waals surface area contributed by atoms with E-state index in [0.29, 0.717) is 12.5 Å². The van der Waals surface area contributed by atoms with Gasteiger partial charge in [0.2, 0.25) is 0 Å². The molecule has 26 heavy (non-hydrogen) atoms. The highest BCUT2D eigenvalue weighted by Crippen LogP contribution is 2.29. The third-order valence-electron chi connectivity index (χ3n) is 3.88. The summed E-state index contributed by atoms with van der Waals surface area (Å²) < 4.78 is 7.26. The van der Waals surface area contributed by atoms with Crippen LogP contribution in [0.4, 0.5) is 0 Å². The Bertz CT molecular complexity index is 701. The molecule has 0 saturated heterocycles. The molecular formula is C19H29N5OS. The molecule has 2 N–H and O–H groups in total. The fourth-order valence-electron chi connectivity index (χ4n) is 2.36. The van der Waals surface area contributed by atoms with Gasteiger partial charge >= 0.3 is 0 Å². The second-order valence-corrected chi connectivity index (χ2v) is 7.15. The van der Waals surface area contributed by atoms with Crippen molar-refractivity contribution in [2.45, 2.75) is 25.3 Å². The van der Waals surface area contributed by atoms with Gasteiger partial charge in [-0.1, -0.05) is 19.1 Å². The van der Waals surface area contributed by atoms with E-state index in [0.717, 1.165) is 36.2 Å². The van der Waals surface area contributed by atoms with Crippen LogP contribution in [0.15, 0.2) is 46.4 Å². The predicted molar refractivity (Wildman–Crippen MR) is 109 cm³/mol. The molecule has 1 aromatic heterocycles. The smallest absolute Gasteiger partial charge is 0.191 e. The highest BCUT2D eigenvalue weighted by molar-refractivity contribution is 7.99. The Kier molecular flexibility index (Phi) is 8.34. The molecule has 1 atom stereocenters. The molecule has 1 heterocycles. The van der Waals surface area contributed by atoms with E-state index < -0.39 is 0 Å². The van der Waals surface area contributed by atoms with Gasteiger partial charge in [-0.2, -0.15) is 5.10 Å². The van der Waals surface area contributed by atoms with Crippen LogP contribution < -0.4 is 15.4 Å². The van der Waals surface area contributed by atoms with Gasteiger partial charge in [-0.05, 0) is 31.0 Å². The SMILES string of the molecule is CCNC(=NCc1ccnn1C)NCC(C)CSc1ccccc1OC. The lowest BCUT2D eigenvalue weighted by molar-refractivity contribution is 0.405. The van der Waals surface area contributed by atoms with Crippen LogP contribution in [-0.2, 0) is 13.6 Å². The molecule has 0 saturated carbocycles. The summed E-state index contributed by atoms with van der Waals surface area (Å²) in [7, 11) is 3.65. The second-order valence-electron chi connectivity index (χ2n) is 6.09. The first-order valence-electron chi connectivity index (χ1n) is 8.88. The van der Waals surface area contributed by atoms with E-state index >= 15 is 0 Å². The van der Waals surface area contributed by atoms with Gasteiger partial charge in [0, 0.05) is 37.0 Å². The first kappa shape index (κ1) is 20.2. The highest BCUT2D eigenvalue weighted by Gasteiger charge is 2.08. The molecule has 0 fully saturated rings. The van der Waals surface area contributed by atoms with Gasteiger partial charge in [0.15, 0.2) is 5.96 Å². The Balaban J connectivity index is 1.82. The van der Waals surface area contributed by atoms with Crippen molar-refractivity contribution < 1.29 is 4.74 Å². The van der Waals surface area contributed by atoms with E-state index in [1.54, 1.807) is 13.3 Å². The minimum Gasteiger partial charge on any atom is -0.496 e. The number of aryl methyl sites for hydroxylation is 1. The first-order valence-corrected chi connectivity index (χ1v) is 9.87. The molecule has 0 bridgehead atoms. The zero-order chi connectivity index (χ0) is 18.8. The number of guanidine groups is 1. The van der Waals surface area contributed by atoms with Crippen molar-refractivity contribution in [1.29, 1.82) is 0 Å². The third kappa shape index (κ3) is 6.29. The predicted octanol–water partition coefficient (Wildman–Crippen LogP) is 2.91. The van der Waals surface area contributed by atoms with E-state index in [1.165, 1.54) is 4.90 Å². The molecule has 142 valence electrons. The number of methoxy groups -OCH3 is 1. The molecule has 0 aliphatic carbocycles. The Morgan fingerprint density at radius 2 is 2.12 bits per heavy atom. The number of nitrogens with one attached hydrogen (secondary N) is 2. The minimum absolute atomic E-state index is 0.491. The average Bonchev–Trinajstić information content (AvgIpc) is 3.07. The number of hydrogen-bond donors (Lipinski definition) is 2.